The molecule has 0 saturated heterocycles. The van der Waals surface area contributed by atoms with E-state index in [2.05, 4.69) is 20.2 Å². The van der Waals surface area contributed by atoms with Crippen molar-refractivity contribution in [2.24, 2.45) is 0 Å². The summed E-state index contributed by atoms with van der Waals surface area (Å²) in [4.78, 5) is 20.9. The van der Waals surface area contributed by atoms with Gasteiger partial charge in [0, 0.05) is 27.7 Å². The molecule has 0 radical (unpaired) electrons. The molecule has 0 bridgehead atoms. The van der Waals surface area contributed by atoms with Crippen molar-refractivity contribution in [1.29, 1.82) is 0 Å². The van der Waals surface area contributed by atoms with Crippen molar-refractivity contribution in [3.05, 3.63) is 65.4 Å². The van der Waals surface area contributed by atoms with Gasteiger partial charge in [0.1, 0.15) is 0 Å². The smallest absolute Gasteiger partial charge is 0.209 e. The Labute approximate surface area is 161 Å². The molecule has 2 N–H and O–H groups in total. The Morgan fingerprint density at radius 3 is 2.59 bits per heavy atom. The number of aromatic amines is 2. The molecule has 0 spiro atoms. The second-order valence-electron chi connectivity index (χ2n) is 6.63. The van der Waals surface area contributed by atoms with Crippen molar-refractivity contribution < 1.29 is 4.79 Å². The number of thioether (sulfide) groups is 1. The molecule has 2 aromatic carbocycles. The largest absolute Gasteiger partial charge is 0.358 e. The molecule has 4 rings (SSSR count). The zero-order chi connectivity index (χ0) is 19.0. The number of nitrogens with one attached hydrogen (secondary N) is 2. The van der Waals surface area contributed by atoms with Crippen LogP contribution in [-0.4, -0.2) is 31.2 Å². The first-order valence-electron chi connectivity index (χ1n) is 8.80. The van der Waals surface area contributed by atoms with E-state index in [1.165, 1.54) is 17.3 Å². The molecule has 0 aliphatic heterocycles. The van der Waals surface area contributed by atoms with Crippen molar-refractivity contribution in [2.75, 3.05) is 0 Å². The standard InChI is InChI=1S/C21H20N4OS/c1-12-8-10-15(11-9-12)20-23-21(25-24-20)27-14(3)19(26)18-13(2)22-17-7-5-4-6-16(17)18/h4-11,14,22H,1-3H3,(H,23,24,25)/t14-/m1/s1. The highest BCUT2D eigenvalue weighted by atomic mass is 32.2. The first-order valence-corrected chi connectivity index (χ1v) is 9.68. The molecule has 0 unspecified atom stereocenters. The lowest BCUT2D eigenvalue weighted by Crippen LogP contribution is -2.14. The van der Waals surface area contributed by atoms with Crippen LogP contribution in [0.15, 0.2) is 53.7 Å². The topological polar surface area (TPSA) is 74.4 Å². The van der Waals surface area contributed by atoms with E-state index in [1.807, 2.05) is 69.3 Å². The molecule has 1 atom stereocenters. The fourth-order valence-electron chi connectivity index (χ4n) is 3.15. The second-order valence-corrected chi connectivity index (χ2v) is 7.94. The van der Waals surface area contributed by atoms with Crippen molar-refractivity contribution in [1.82, 2.24) is 20.2 Å². The van der Waals surface area contributed by atoms with Gasteiger partial charge >= 0.3 is 0 Å². The average molecular weight is 376 g/mol. The monoisotopic (exact) mass is 376 g/mol. The molecule has 0 aliphatic carbocycles. The van der Waals surface area contributed by atoms with Gasteiger partial charge in [-0.25, -0.2) is 4.98 Å². The van der Waals surface area contributed by atoms with E-state index in [0.717, 1.165) is 27.7 Å². The highest BCUT2D eigenvalue weighted by molar-refractivity contribution is 8.00. The van der Waals surface area contributed by atoms with Crippen molar-refractivity contribution in [3.8, 4) is 11.4 Å². The second kappa shape index (κ2) is 7.04. The molecule has 0 amide bonds. The van der Waals surface area contributed by atoms with E-state index >= 15 is 0 Å². The van der Waals surface area contributed by atoms with Crippen LogP contribution in [-0.2, 0) is 0 Å². The highest BCUT2D eigenvalue weighted by Crippen LogP contribution is 2.29. The Hall–Kier alpha value is -2.86. The number of H-pyrrole nitrogens is 2. The average Bonchev–Trinajstić information content (AvgIpc) is 3.25. The van der Waals surface area contributed by atoms with Crippen LogP contribution >= 0.6 is 11.8 Å². The Morgan fingerprint density at radius 1 is 1.07 bits per heavy atom. The third-order valence-electron chi connectivity index (χ3n) is 4.58. The number of hydrogen-bond acceptors (Lipinski definition) is 4. The summed E-state index contributed by atoms with van der Waals surface area (Å²) < 4.78 is 0. The molecule has 0 saturated carbocycles. The Kier molecular flexibility index (Phi) is 4.58. The quantitative estimate of drug-likeness (QED) is 0.382. The van der Waals surface area contributed by atoms with E-state index in [-0.39, 0.29) is 11.0 Å². The molecule has 2 aromatic heterocycles. The lowest BCUT2D eigenvalue weighted by Gasteiger charge is -2.08. The maximum atomic E-state index is 13.1. The lowest BCUT2D eigenvalue weighted by molar-refractivity contribution is 0.0995. The minimum absolute atomic E-state index is 0.0802. The van der Waals surface area contributed by atoms with Crippen molar-refractivity contribution in [2.45, 2.75) is 31.2 Å². The van der Waals surface area contributed by atoms with Crippen LogP contribution in [0.4, 0.5) is 0 Å². The molecule has 2 heterocycles. The van der Waals surface area contributed by atoms with E-state index in [0.29, 0.717) is 11.0 Å². The van der Waals surface area contributed by atoms with E-state index in [9.17, 15) is 4.79 Å². The number of hydrogen-bond donors (Lipinski definition) is 2. The number of para-hydroxylation sites is 1. The summed E-state index contributed by atoms with van der Waals surface area (Å²) in [6.07, 6.45) is 0. The van der Waals surface area contributed by atoms with Crippen LogP contribution in [0.25, 0.3) is 22.3 Å². The summed E-state index contributed by atoms with van der Waals surface area (Å²) in [5.74, 6) is 0.789. The maximum Gasteiger partial charge on any atom is 0.209 e. The molecule has 136 valence electrons. The first kappa shape index (κ1) is 17.5. The van der Waals surface area contributed by atoms with E-state index in [4.69, 9.17) is 0 Å². The number of rotatable bonds is 5. The number of aryl methyl sites for hydroxylation is 2. The highest BCUT2D eigenvalue weighted by Gasteiger charge is 2.23. The Balaban J connectivity index is 1.55. The molecular formula is C21H20N4OS. The molecule has 27 heavy (non-hydrogen) atoms. The van der Waals surface area contributed by atoms with Crippen molar-refractivity contribution in [3.63, 3.8) is 0 Å². The van der Waals surface area contributed by atoms with Crippen LogP contribution < -0.4 is 0 Å². The third kappa shape index (κ3) is 3.40. The SMILES string of the molecule is Cc1ccc(-c2nc(S[C@H](C)C(=O)c3c(C)[nH]c4ccccc34)n[nH]2)cc1. The van der Waals surface area contributed by atoms with Gasteiger partial charge in [-0.15, -0.1) is 5.10 Å². The summed E-state index contributed by atoms with van der Waals surface area (Å²) in [5, 5.41) is 8.48. The predicted octanol–water partition coefficient (Wildman–Crippen LogP) is 4.93. The number of aromatic nitrogens is 4. The van der Waals surface area contributed by atoms with Crippen LogP contribution in [0.5, 0.6) is 0 Å². The fraction of sp³-hybridized carbons (Fsp3) is 0.190. The zero-order valence-corrected chi connectivity index (χ0v) is 16.2. The summed E-state index contributed by atoms with van der Waals surface area (Å²) in [7, 11) is 0. The minimum Gasteiger partial charge on any atom is -0.358 e. The Bertz CT molecular complexity index is 1110. The number of carbonyl (C=O) groups excluding carboxylic acids is 1. The van der Waals surface area contributed by atoms with Crippen LogP contribution in [0.3, 0.4) is 0 Å². The number of benzene rings is 2. The van der Waals surface area contributed by atoms with Gasteiger partial charge in [-0.05, 0) is 26.8 Å². The normalized spacial score (nSPS) is 12.4. The minimum atomic E-state index is -0.287. The predicted molar refractivity (Wildman–Crippen MR) is 109 cm³/mol. The number of ketones is 1. The fourth-order valence-corrected chi connectivity index (χ4v) is 3.93. The number of Topliss-reactive ketones (excluding diaryl/α,β-unsaturated/α-hetero) is 1. The lowest BCUT2D eigenvalue weighted by atomic mass is 10.1. The van der Waals surface area contributed by atoms with Gasteiger partial charge in [-0.3, -0.25) is 9.89 Å². The van der Waals surface area contributed by atoms with Gasteiger partial charge in [0.15, 0.2) is 11.6 Å². The number of fused-ring (bicyclic) bond motifs is 1. The summed E-state index contributed by atoms with van der Waals surface area (Å²) in [6.45, 7) is 5.88. The molecule has 0 aliphatic rings. The molecular weight excluding hydrogens is 356 g/mol. The van der Waals surface area contributed by atoms with Gasteiger partial charge in [0.05, 0.1) is 5.25 Å². The number of nitrogens with zero attached hydrogens (tertiary/aromatic N) is 2. The summed E-state index contributed by atoms with van der Waals surface area (Å²) in [6, 6.07) is 16.0. The van der Waals surface area contributed by atoms with Crippen molar-refractivity contribution >= 4 is 28.4 Å². The molecule has 4 aromatic rings. The van der Waals surface area contributed by atoms with Gasteiger partial charge in [0.2, 0.25) is 5.16 Å². The van der Waals surface area contributed by atoms with E-state index in [1.54, 1.807) is 0 Å². The van der Waals surface area contributed by atoms with Gasteiger partial charge in [0.25, 0.3) is 0 Å². The number of carbonyl (C=O) groups is 1. The summed E-state index contributed by atoms with van der Waals surface area (Å²) in [5.41, 5.74) is 4.80. The van der Waals surface area contributed by atoms with E-state index < -0.39 is 0 Å². The van der Waals surface area contributed by atoms with Crippen LogP contribution in [0.1, 0.15) is 28.5 Å². The maximum absolute atomic E-state index is 13.1. The van der Waals surface area contributed by atoms with Gasteiger partial charge in [-0.2, -0.15) is 0 Å². The zero-order valence-electron chi connectivity index (χ0n) is 15.4. The van der Waals surface area contributed by atoms with Crippen LogP contribution in [0, 0.1) is 13.8 Å². The molecule has 5 nitrogen and oxygen atoms in total. The van der Waals surface area contributed by atoms with Crippen LogP contribution in [0.2, 0.25) is 0 Å². The Morgan fingerprint density at radius 2 is 1.81 bits per heavy atom. The first-order chi connectivity index (χ1) is 13.0. The molecule has 0 fully saturated rings. The van der Waals surface area contributed by atoms with Gasteiger partial charge < -0.3 is 4.98 Å². The third-order valence-corrected chi connectivity index (χ3v) is 5.54. The molecule has 6 heteroatoms. The van der Waals surface area contributed by atoms with Gasteiger partial charge in [-0.1, -0.05) is 59.8 Å². The summed E-state index contributed by atoms with van der Waals surface area (Å²) >= 11 is 1.37.